The van der Waals surface area contributed by atoms with E-state index in [1.165, 1.54) is 12.1 Å². The predicted octanol–water partition coefficient (Wildman–Crippen LogP) is 3.19. The molecule has 0 radical (unpaired) electrons. The quantitative estimate of drug-likeness (QED) is 0.424. The second-order valence-electron chi connectivity index (χ2n) is 9.97. The number of carbonyl (C=O) groups excluding carboxylic acids is 2. The number of carboxylic acids is 1. The number of carbonyl (C=O) groups is 3. The van der Waals surface area contributed by atoms with Gasteiger partial charge in [-0.25, -0.2) is 9.18 Å². The molecular formula is C28H36FN3O5. The SMILES string of the molecule is Cc1ccc(F)cc1CC(N)CC(=O)N1CCC[C@H]1C(=O)NCc1ccc(O[C@@H](C(=O)O)C(C)C)cc1. The van der Waals surface area contributed by atoms with Crippen LogP contribution in [0.2, 0.25) is 0 Å². The van der Waals surface area contributed by atoms with Crippen molar-refractivity contribution in [3.05, 3.63) is 65.0 Å². The number of amides is 2. The molecule has 1 heterocycles. The highest BCUT2D eigenvalue weighted by atomic mass is 19.1. The summed E-state index contributed by atoms with van der Waals surface area (Å²) in [6, 6.07) is 10.4. The molecule has 0 aliphatic carbocycles. The van der Waals surface area contributed by atoms with E-state index in [0.717, 1.165) is 23.1 Å². The van der Waals surface area contributed by atoms with E-state index < -0.39 is 24.2 Å². The third-order valence-electron chi connectivity index (χ3n) is 6.61. The summed E-state index contributed by atoms with van der Waals surface area (Å²) in [6.07, 6.45) is 0.824. The Kier molecular flexibility index (Phi) is 9.63. The van der Waals surface area contributed by atoms with Gasteiger partial charge >= 0.3 is 5.97 Å². The van der Waals surface area contributed by atoms with E-state index in [0.29, 0.717) is 25.1 Å². The number of nitrogens with zero attached hydrogens (tertiary/aromatic N) is 1. The molecule has 200 valence electrons. The fraction of sp³-hybridized carbons (Fsp3) is 0.464. The third-order valence-corrected chi connectivity index (χ3v) is 6.61. The second kappa shape index (κ2) is 12.7. The lowest BCUT2D eigenvalue weighted by Crippen LogP contribution is -2.47. The van der Waals surface area contributed by atoms with Gasteiger partial charge in [-0.2, -0.15) is 0 Å². The lowest BCUT2D eigenvalue weighted by atomic mass is 9.99. The number of hydrogen-bond acceptors (Lipinski definition) is 5. The summed E-state index contributed by atoms with van der Waals surface area (Å²) in [6.45, 7) is 6.19. The maximum absolute atomic E-state index is 13.6. The molecular weight excluding hydrogens is 477 g/mol. The Morgan fingerprint density at radius 3 is 2.54 bits per heavy atom. The smallest absolute Gasteiger partial charge is 0.345 e. The zero-order valence-corrected chi connectivity index (χ0v) is 21.6. The van der Waals surface area contributed by atoms with E-state index in [2.05, 4.69) is 5.32 Å². The Labute approximate surface area is 217 Å². The van der Waals surface area contributed by atoms with Crippen LogP contribution in [0.25, 0.3) is 0 Å². The topological polar surface area (TPSA) is 122 Å². The predicted molar refractivity (Wildman–Crippen MR) is 137 cm³/mol. The van der Waals surface area contributed by atoms with Crippen LogP contribution in [-0.4, -0.2) is 52.5 Å². The second-order valence-corrected chi connectivity index (χ2v) is 9.97. The number of halogens is 1. The number of nitrogens with two attached hydrogens (primary N) is 1. The summed E-state index contributed by atoms with van der Waals surface area (Å²) < 4.78 is 19.1. The number of aryl methyl sites for hydroxylation is 1. The highest BCUT2D eigenvalue weighted by molar-refractivity contribution is 5.88. The fourth-order valence-electron chi connectivity index (χ4n) is 4.51. The van der Waals surface area contributed by atoms with Crippen molar-refractivity contribution in [1.29, 1.82) is 0 Å². The number of benzene rings is 2. The molecule has 0 aromatic heterocycles. The summed E-state index contributed by atoms with van der Waals surface area (Å²) in [5.74, 6) is -1.52. The standard InChI is InChI=1S/C28H36FN3O5/c1-17(2)26(28(35)36)37-23-10-7-19(8-11-23)16-31-27(34)24-5-4-12-32(24)25(33)15-22(30)14-20-13-21(29)9-6-18(20)3/h6-11,13,17,22,24,26H,4-5,12,14-16,30H2,1-3H3,(H,31,34)(H,35,36)/t22?,24-,26+/m0/s1. The lowest BCUT2D eigenvalue weighted by molar-refractivity contribution is -0.147. The molecule has 2 amide bonds. The molecule has 0 spiro atoms. The molecule has 1 aliphatic heterocycles. The minimum atomic E-state index is -1.02. The molecule has 3 rings (SSSR count). The van der Waals surface area contributed by atoms with Crippen molar-refractivity contribution in [3.63, 3.8) is 0 Å². The summed E-state index contributed by atoms with van der Waals surface area (Å²) in [5, 5.41) is 12.2. The van der Waals surface area contributed by atoms with Gasteiger partial charge in [-0.1, -0.05) is 32.0 Å². The molecule has 37 heavy (non-hydrogen) atoms. The van der Waals surface area contributed by atoms with Crippen molar-refractivity contribution in [2.24, 2.45) is 11.7 Å². The van der Waals surface area contributed by atoms with Crippen LogP contribution in [0.1, 0.15) is 49.8 Å². The van der Waals surface area contributed by atoms with Gasteiger partial charge in [-0.15, -0.1) is 0 Å². The van der Waals surface area contributed by atoms with Gasteiger partial charge in [0.1, 0.15) is 17.6 Å². The molecule has 4 N–H and O–H groups in total. The molecule has 0 bridgehead atoms. The van der Waals surface area contributed by atoms with Crippen molar-refractivity contribution in [2.75, 3.05) is 6.54 Å². The van der Waals surface area contributed by atoms with Crippen LogP contribution < -0.4 is 15.8 Å². The van der Waals surface area contributed by atoms with E-state index in [9.17, 15) is 23.9 Å². The van der Waals surface area contributed by atoms with Crippen LogP contribution in [0, 0.1) is 18.7 Å². The Bertz CT molecular complexity index is 1110. The van der Waals surface area contributed by atoms with Gasteiger partial charge in [0.05, 0.1) is 0 Å². The van der Waals surface area contributed by atoms with Gasteiger partial charge < -0.3 is 25.8 Å². The first-order valence-electron chi connectivity index (χ1n) is 12.6. The zero-order valence-electron chi connectivity index (χ0n) is 21.6. The number of likely N-dealkylation sites (tertiary alicyclic amines) is 1. The van der Waals surface area contributed by atoms with Crippen LogP contribution in [0.3, 0.4) is 0 Å². The van der Waals surface area contributed by atoms with Gasteiger partial charge in [0, 0.05) is 31.5 Å². The number of carboxylic acid groups (broad SMARTS) is 1. The van der Waals surface area contributed by atoms with Gasteiger partial charge in [0.2, 0.25) is 11.8 Å². The Balaban J connectivity index is 1.51. The Morgan fingerprint density at radius 1 is 1.19 bits per heavy atom. The maximum atomic E-state index is 13.6. The minimum absolute atomic E-state index is 0.0783. The van der Waals surface area contributed by atoms with Crippen molar-refractivity contribution >= 4 is 17.8 Å². The molecule has 9 heteroatoms. The maximum Gasteiger partial charge on any atom is 0.345 e. The van der Waals surface area contributed by atoms with E-state index in [-0.39, 0.29) is 36.5 Å². The van der Waals surface area contributed by atoms with Gasteiger partial charge in [0.15, 0.2) is 6.10 Å². The first kappa shape index (κ1) is 28.1. The molecule has 2 aromatic carbocycles. The number of aliphatic carboxylic acids is 1. The largest absolute Gasteiger partial charge is 0.478 e. The lowest BCUT2D eigenvalue weighted by Gasteiger charge is -2.25. The molecule has 2 aromatic rings. The van der Waals surface area contributed by atoms with Crippen molar-refractivity contribution in [1.82, 2.24) is 10.2 Å². The van der Waals surface area contributed by atoms with E-state index in [4.69, 9.17) is 10.5 Å². The number of nitrogens with one attached hydrogen (secondary N) is 1. The molecule has 1 saturated heterocycles. The van der Waals surface area contributed by atoms with E-state index in [1.807, 2.05) is 6.92 Å². The van der Waals surface area contributed by atoms with Crippen molar-refractivity contribution in [3.8, 4) is 5.75 Å². The molecule has 1 aliphatic rings. The molecule has 1 unspecified atom stereocenters. The van der Waals surface area contributed by atoms with Crippen molar-refractivity contribution in [2.45, 2.75) is 71.2 Å². The summed E-state index contributed by atoms with van der Waals surface area (Å²) >= 11 is 0. The van der Waals surface area contributed by atoms with Gasteiger partial charge in [0.25, 0.3) is 0 Å². The normalized spacial score (nSPS) is 16.9. The summed E-state index contributed by atoms with van der Waals surface area (Å²) in [4.78, 5) is 38.8. The van der Waals surface area contributed by atoms with Crippen LogP contribution in [0.15, 0.2) is 42.5 Å². The highest BCUT2D eigenvalue weighted by Crippen LogP contribution is 2.21. The van der Waals surface area contributed by atoms with Gasteiger partial charge in [-0.05, 0) is 67.1 Å². The summed E-state index contributed by atoms with van der Waals surface area (Å²) in [7, 11) is 0. The summed E-state index contributed by atoms with van der Waals surface area (Å²) in [5.41, 5.74) is 8.72. The Hall–Kier alpha value is -3.46. The number of rotatable bonds is 11. The molecule has 3 atom stereocenters. The van der Waals surface area contributed by atoms with Crippen LogP contribution in [0.4, 0.5) is 4.39 Å². The zero-order chi connectivity index (χ0) is 27.1. The van der Waals surface area contributed by atoms with Crippen LogP contribution in [-0.2, 0) is 27.3 Å². The average Bonchev–Trinajstić information content (AvgIpc) is 3.34. The molecule has 0 saturated carbocycles. The molecule has 1 fully saturated rings. The van der Waals surface area contributed by atoms with Crippen LogP contribution in [0.5, 0.6) is 5.75 Å². The number of hydrogen-bond donors (Lipinski definition) is 3. The van der Waals surface area contributed by atoms with Gasteiger partial charge in [-0.3, -0.25) is 9.59 Å². The third kappa shape index (κ3) is 7.76. The van der Waals surface area contributed by atoms with E-state index in [1.54, 1.807) is 49.1 Å². The fourth-order valence-corrected chi connectivity index (χ4v) is 4.51. The first-order chi connectivity index (χ1) is 17.5. The monoisotopic (exact) mass is 513 g/mol. The number of ether oxygens (including phenoxy) is 1. The average molecular weight is 514 g/mol. The van der Waals surface area contributed by atoms with Crippen LogP contribution >= 0.6 is 0 Å². The molecule has 8 nitrogen and oxygen atoms in total. The van der Waals surface area contributed by atoms with Crippen molar-refractivity contribution < 1.29 is 28.6 Å². The van der Waals surface area contributed by atoms with E-state index >= 15 is 0 Å². The minimum Gasteiger partial charge on any atom is -0.478 e. The Morgan fingerprint density at radius 2 is 1.89 bits per heavy atom. The highest BCUT2D eigenvalue weighted by Gasteiger charge is 2.34. The first-order valence-corrected chi connectivity index (χ1v) is 12.6.